The summed E-state index contributed by atoms with van der Waals surface area (Å²) in [6, 6.07) is 1.09. The third-order valence-electron chi connectivity index (χ3n) is 2.80. The van der Waals surface area contributed by atoms with Gasteiger partial charge in [-0.25, -0.2) is 9.37 Å². The third-order valence-corrected chi connectivity index (χ3v) is 3.61. The van der Waals surface area contributed by atoms with Crippen molar-refractivity contribution >= 4 is 50.7 Å². The van der Waals surface area contributed by atoms with E-state index in [0.29, 0.717) is 0 Å². The largest absolute Gasteiger partial charge is 0.437 e. The summed E-state index contributed by atoms with van der Waals surface area (Å²) in [5.74, 6) is 0. The van der Waals surface area contributed by atoms with Gasteiger partial charge in [-0.3, -0.25) is 0 Å². The summed E-state index contributed by atoms with van der Waals surface area (Å²) in [5, 5.41) is 0. The Bertz CT molecular complexity index is 581. The molecule has 0 aliphatic rings. The van der Waals surface area contributed by atoms with Gasteiger partial charge in [0.15, 0.2) is 3.79 Å². The van der Waals surface area contributed by atoms with E-state index in [-0.39, 0.29) is 5.56 Å². The number of alkyl halides is 10. The smallest absolute Gasteiger partial charge is 0.241 e. The first-order valence-electron chi connectivity index (χ1n) is 5.56. The molecule has 1 heterocycles. The van der Waals surface area contributed by atoms with Gasteiger partial charge < -0.3 is 0 Å². The van der Waals surface area contributed by atoms with Crippen molar-refractivity contribution in [2.45, 2.75) is 35.2 Å². The Hall–Kier alpha value is 0.01000. The van der Waals surface area contributed by atoms with Crippen molar-refractivity contribution in [2.24, 2.45) is 0 Å². The predicted octanol–water partition coefficient (Wildman–Crippen LogP) is 6.35. The molecule has 0 saturated carbocycles. The van der Waals surface area contributed by atoms with Gasteiger partial charge in [-0.15, -0.1) is 0 Å². The average Bonchev–Trinajstić information content (AvgIpc) is 2.26. The van der Waals surface area contributed by atoms with Crippen molar-refractivity contribution in [3.8, 4) is 0 Å². The van der Waals surface area contributed by atoms with Crippen LogP contribution in [0.2, 0.25) is 0 Å². The van der Waals surface area contributed by atoms with Crippen molar-refractivity contribution in [2.75, 3.05) is 0 Å². The Morgan fingerprint density at radius 3 is 1.78 bits per heavy atom. The summed E-state index contributed by atoms with van der Waals surface area (Å²) in [7, 11) is 0. The molecule has 0 aliphatic carbocycles. The van der Waals surface area contributed by atoms with Crippen LogP contribution in [0.4, 0.5) is 30.7 Å². The zero-order chi connectivity index (χ0) is 18.4. The molecule has 0 bridgehead atoms. The standard InChI is InChI=1S/C11H6BrCl3F7N/c1-4-2-6(12)23-7(5(4)3-8(13,14)15)9(16,10(17,18)19)11(20,21)22/h2H,3H2,1H3. The Morgan fingerprint density at radius 1 is 1.00 bits per heavy atom. The molecule has 1 aromatic rings. The van der Waals surface area contributed by atoms with Crippen LogP contribution in [0.1, 0.15) is 16.8 Å². The predicted molar refractivity (Wildman–Crippen MR) is 75.6 cm³/mol. The van der Waals surface area contributed by atoms with Gasteiger partial charge in [0.05, 0.1) is 0 Å². The molecular formula is C11H6BrCl3F7N. The lowest BCUT2D eigenvalue weighted by Gasteiger charge is -2.32. The van der Waals surface area contributed by atoms with E-state index in [1.165, 1.54) is 0 Å². The van der Waals surface area contributed by atoms with Crippen LogP contribution in [0.15, 0.2) is 10.7 Å². The number of nitrogens with zero attached hydrogens (tertiary/aromatic N) is 1. The van der Waals surface area contributed by atoms with Crippen LogP contribution in [-0.4, -0.2) is 21.1 Å². The number of halogens is 11. The molecule has 0 saturated heterocycles. The average molecular weight is 471 g/mol. The van der Waals surface area contributed by atoms with Crippen molar-refractivity contribution < 1.29 is 30.7 Å². The van der Waals surface area contributed by atoms with E-state index >= 15 is 0 Å². The molecule has 12 heteroatoms. The van der Waals surface area contributed by atoms with E-state index in [0.717, 1.165) is 13.0 Å². The minimum atomic E-state index is -6.31. The molecule has 132 valence electrons. The number of aryl methyl sites for hydroxylation is 1. The molecule has 0 unspecified atom stereocenters. The van der Waals surface area contributed by atoms with Crippen LogP contribution >= 0.6 is 50.7 Å². The number of pyridine rings is 1. The highest BCUT2D eigenvalue weighted by Crippen LogP contribution is 2.54. The maximum absolute atomic E-state index is 14.3. The molecule has 0 spiro atoms. The van der Waals surface area contributed by atoms with Crippen LogP contribution in [0.5, 0.6) is 0 Å². The Kier molecular flexibility index (Phi) is 5.84. The Labute approximate surface area is 149 Å². The van der Waals surface area contributed by atoms with Gasteiger partial charge >= 0.3 is 18.0 Å². The highest BCUT2D eigenvalue weighted by Gasteiger charge is 2.75. The maximum atomic E-state index is 14.3. The molecule has 0 N–H and O–H groups in total. The first-order chi connectivity index (χ1) is 10.0. The normalized spacial score (nSPS) is 14.3. The molecule has 0 atom stereocenters. The van der Waals surface area contributed by atoms with E-state index in [1.807, 2.05) is 0 Å². The topological polar surface area (TPSA) is 12.9 Å². The van der Waals surface area contributed by atoms with Crippen molar-refractivity contribution in [3.63, 3.8) is 0 Å². The van der Waals surface area contributed by atoms with E-state index in [9.17, 15) is 30.7 Å². The van der Waals surface area contributed by atoms with Gasteiger partial charge in [-0.1, -0.05) is 34.8 Å². The van der Waals surface area contributed by atoms with Gasteiger partial charge in [0, 0.05) is 6.42 Å². The number of hydrogen-bond donors (Lipinski definition) is 0. The van der Waals surface area contributed by atoms with Crippen LogP contribution in [0.25, 0.3) is 0 Å². The highest BCUT2D eigenvalue weighted by molar-refractivity contribution is 9.10. The fourth-order valence-electron chi connectivity index (χ4n) is 1.80. The summed E-state index contributed by atoms with van der Waals surface area (Å²) in [5.41, 5.74) is -8.55. The summed E-state index contributed by atoms with van der Waals surface area (Å²) in [6.45, 7) is 1.15. The lowest BCUT2D eigenvalue weighted by molar-refractivity contribution is -0.350. The molecule has 23 heavy (non-hydrogen) atoms. The summed E-state index contributed by atoms with van der Waals surface area (Å²) < 4.78 is 89.1. The quantitative estimate of drug-likeness (QED) is 0.278. The van der Waals surface area contributed by atoms with E-state index < -0.39 is 44.1 Å². The lowest BCUT2D eigenvalue weighted by Crippen LogP contribution is -2.51. The second-order valence-electron chi connectivity index (χ2n) is 4.53. The monoisotopic (exact) mass is 469 g/mol. The third kappa shape index (κ3) is 4.35. The second-order valence-corrected chi connectivity index (χ2v) is 7.86. The van der Waals surface area contributed by atoms with Gasteiger partial charge in [-0.2, -0.15) is 26.3 Å². The van der Waals surface area contributed by atoms with E-state index in [1.54, 1.807) is 0 Å². The Morgan fingerprint density at radius 2 is 1.43 bits per heavy atom. The SMILES string of the molecule is Cc1cc(Br)nc(C(F)(C(F)(F)F)C(F)(F)F)c1CC(Cl)(Cl)Cl. The summed E-state index contributed by atoms with van der Waals surface area (Å²) >= 11 is 19.0. The van der Waals surface area contributed by atoms with E-state index in [2.05, 4.69) is 20.9 Å². The minimum absolute atomic E-state index is 0.149. The van der Waals surface area contributed by atoms with Gasteiger partial charge in [0.25, 0.3) is 0 Å². The second kappa shape index (κ2) is 6.38. The van der Waals surface area contributed by atoms with Crippen molar-refractivity contribution in [1.82, 2.24) is 4.98 Å². The van der Waals surface area contributed by atoms with Crippen LogP contribution in [0, 0.1) is 6.92 Å². The van der Waals surface area contributed by atoms with Crippen LogP contribution in [0.3, 0.4) is 0 Å². The van der Waals surface area contributed by atoms with Gasteiger partial charge in [0.1, 0.15) is 10.3 Å². The molecule has 0 fully saturated rings. The van der Waals surface area contributed by atoms with Gasteiger partial charge in [0.2, 0.25) is 0 Å². The fourth-order valence-corrected chi connectivity index (χ4v) is 2.72. The fraction of sp³-hybridized carbons (Fsp3) is 0.545. The highest BCUT2D eigenvalue weighted by atomic mass is 79.9. The zero-order valence-electron chi connectivity index (χ0n) is 10.9. The molecule has 1 rings (SSSR count). The van der Waals surface area contributed by atoms with Gasteiger partial charge in [-0.05, 0) is 40.0 Å². The molecule has 1 aromatic heterocycles. The number of aromatic nitrogens is 1. The number of rotatable bonds is 2. The van der Waals surface area contributed by atoms with Crippen molar-refractivity contribution in [1.29, 1.82) is 0 Å². The molecule has 1 nitrogen and oxygen atoms in total. The number of hydrogen-bond acceptors (Lipinski definition) is 1. The maximum Gasteiger partial charge on any atom is 0.437 e. The lowest BCUT2D eigenvalue weighted by atomic mass is 9.91. The summed E-state index contributed by atoms with van der Waals surface area (Å²) in [6.07, 6.45) is -13.5. The Balaban J connectivity index is 3.80. The van der Waals surface area contributed by atoms with Crippen LogP contribution < -0.4 is 0 Å². The van der Waals surface area contributed by atoms with E-state index in [4.69, 9.17) is 34.8 Å². The first kappa shape index (κ1) is 21.1. The molecule has 0 aromatic carbocycles. The minimum Gasteiger partial charge on any atom is -0.241 e. The molecular weight excluding hydrogens is 465 g/mol. The van der Waals surface area contributed by atoms with Crippen LogP contribution in [-0.2, 0) is 12.1 Å². The zero-order valence-corrected chi connectivity index (χ0v) is 14.7. The molecule has 0 aliphatic heterocycles. The van der Waals surface area contributed by atoms with Crippen molar-refractivity contribution in [3.05, 3.63) is 27.5 Å². The molecule has 0 radical (unpaired) electrons. The summed E-state index contributed by atoms with van der Waals surface area (Å²) in [4.78, 5) is 3.05. The first-order valence-corrected chi connectivity index (χ1v) is 7.49. The molecule has 0 amide bonds.